The third-order valence-corrected chi connectivity index (χ3v) is 14.4. The van der Waals surface area contributed by atoms with Gasteiger partial charge < -0.3 is 0 Å². The molecule has 2 saturated heterocycles. The third kappa shape index (κ3) is 5.94. The molecule has 4 rings (SSSR count). The van der Waals surface area contributed by atoms with E-state index in [9.17, 15) is 4.39 Å². The first-order chi connectivity index (χ1) is 14.7. The van der Waals surface area contributed by atoms with Crippen molar-refractivity contribution in [2.24, 2.45) is 5.92 Å². The van der Waals surface area contributed by atoms with E-state index in [1.807, 2.05) is 12.1 Å². The highest BCUT2D eigenvalue weighted by Gasteiger charge is 2.32. The van der Waals surface area contributed by atoms with Crippen molar-refractivity contribution in [3.63, 3.8) is 0 Å². The van der Waals surface area contributed by atoms with E-state index in [-0.39, 0.29) is 23.4 Å². The lowest BCUT2D eigenvalue weighted by molar-refractivity contribution is 0.433. The van der Waals surface area contributed by atoms with Crippen molar-refractivity contribution in [3.8, 4) is 11.1 Å². The first kappa shape index (κ1) is 22.0. The summed E-state index contributed by atoms with van der Waals surface area (Å²) in [5, 5.41) is 0. The van der Waals surface area contributed by atoms with Gasteiger partial charge in [0.15, 0.2) is 0 Å². The van der Waals surface area contributed by atoms with Crippen LogP contribution < -0.4 is 0 Å². The highest BCUT2D eigenvalue weighted by molar-refractivity contribution is 6.63. The smallest absolute Gasteiger partial charge is 0.123 e. The van der Waals surface area contributed by atoms with Gasteiger partial charge in [-0.3, -0.25) is 0 Å². The van der Waals surface area contributed by atoms with Crippen molar-refractivity contribution >= 4 is 17.6 Å². The summed E-state index contributed by atoms with van der Waals surface area (Å²) in [6.45, 7) is 2.37. The predicted octanol–water partition coefficient (Wildman–Crippen LogP) is 8.40. The Kier molecular flexibility index (Phi) is 8.00. The molecule has 0 bridgehead atoms. The summed E-state index contributed by atoms with van der Waals surface area (Å²) in [5.41, 5.74) is 4.89. The summed E-state index contributed by atoms with van der Waals surface area (Å²) in [6, 6.07) is 23.8. The molecule has 160 valence electrons. The zero-order valence-corrected chi connectivity index (χ0v) is 20.6. The second-order valence-electron chi connectivity index (χ2n) is 9.62. The molecular formula is C27H37FSi2. The summed E-state index contributed by atoms with van der Waals surface area (Å²) in [4.78, 5) is 0. The minimum atomic E-state index is -0.169. The van der Waals surface area contributed by atoms with E-state index < -0.39 is 0 Å². The van der Waals surface area contributed by atoms with E-state index in [1.165, 1.54) is 48.8 Å². The molecule has 2 aromatic rings. The maximum Gasteiger partial charge on any atom is 0.123 e. The van der Waals surface area contributed by atoms with E-state index in [0.29, 0.717) is 0 Å². The Morgan fingerprint density at radius 2 is 1.40 bits per heavy atom. The fourth-order valence-corrected chi connectivity index (χ4v) is 12.9. The number of halogens is 1. The summed E-state index contributed by atoms with van der Waals surface area (Å²) in [7, 11) is 0.00811. The maximum atomic E-state index is 13.1. The largest absolute Gasteiger partial charge is 0.207 e. The van der Waals surface area contributed by atoms with E-state index in [4.69, 9.17) is 0 Å². The monoisotopic (exact) mass is 436 g/mol. The molecule has 0 N–H and O–H groups in total. The molecule has 2 aliphatic rings. The predicted molar refractivity (Wildman–Crippen MR) is 132 cm³/mol. The van der Waals surface area contributed by atoms with Crippen LogP contribution in [0.4, 0.5) is 4.39 Å². The normalized spacial score (nSPS) is 19.9. The highest BCUT2D eigenvalue weighted by Crippen LogP contribution is 2.41. The van der Waals surface area contributed by atoms with Crippen LogP contribution in [0, 0.1) is 11.7 Å². The molecule has 2 radical (unpaired) electrons. The van der Waals surface area contributed by atoms with E-state index in [0.717, 1.165) is 11.5 Å². The van der Waals surface area contributed by atoms with Crippen molar-refractivity contribution in [2.45, 2.75) is 87.6 Å². The molecule has 30 heavy (non-hydrogen) atoms. The lowest BCUT2D eigenvalue weighted by Gasteiger charge is -2.36. The lowest BCUT2D eigenvalue weighted by Crippen LogP contribution is -2.31. The van der Waals surface area contributed by atoms with Gasteiger partial charge in [0, 0.05) is 8.80 Å². The number of hydrogen-bond acceptors (Lipinski definition) is 0. The van der Waals surface area contributed by atoms with Crippen LogP contribution in [-0.2, 0) is 6.42 Å². The number of rotatable bonds is 7. The summed E-state index contributed by atoms with van der Waals surface area (Å²) < 4.78 is 13.1. The number of aryl methyl sites for hydroxylation is 1. The molecule has 0 atom stereocenters. The van der Waals surface area contributed by atoms with E-state index in [1.54, 1.807) is 55.2 Å². The second kappa shape index (κ2) is 10.9. The van der Waals surface area contributed by atoms with Gasteiger partial charge in [-0.15, -0.1) is 0 Å². The Balaban J connectivity index is 1.19. The van der Waals surface area contributed by atoms with Crippen LogP contribution in [0.15, 0.2) is 48.5 Å². The fraction of sp³-hybridized carbons (Fsp3) is 0.556. The topological polar surface area (TPSA) is 0 Å². The zero-order valence-electron chi connectivity index (χ0n) is 18.6. The van der Waals surface area contributed by atoms with Gasteiger partial charge in [0.2, 0.25) is 0 Å². The first-order valence-electron chi connectivity index (χ1n) is 12.2. The molecule has 2 heterocycles. The van der Waals surface area contributed by atoms with Crippen molar-refractivity contribution in [3.05, 3.63) is 59.9 Å². The Bertz CT molecular complexity index is 754. The van der Waals surface area contributed by atoms with E-state index >= 15 is 0 Å². The third-order valence-electron chi connectivity index (χ3n) is 7.59. The summed E-state index contributed by atoms with van der Waals surface area (Å²) >= 11 is 0. The SMILES string of the molecule is CCC[Si]1CCC([Si]2CCC(CCc3ccc(-c4ccc(F)cc4)cc3)CC2)CC1. The number of hydrogen-bond donors (Lipinski definition) is 0. The van der Waals surface area contributed by atoms with Crippen LogP contribution in [-0.4, -0.2) is 17.6 Å². The van der Waals surface area contributed by atoms with Gasteiger partial charge in [-0.05, 0) is 53.1 Å². The highest BCUT2D eigenvalue weighted by atomic mass is 28.3. The van der Waals surface area contributed by atoms with Crippen molar-refractivity contribution in [2.75, 3.05) is 0 Å². The van der Waals surface area contributed by atoms with Crippen LogP contribution in [0.5, 0.6) is 0 Å². The number of benzene rings is 2. The summed E-state index contributed by atoms with van der Waals surface area (Å²) in [6.07, 6.45) is 10.2. The molecule has 0 aliphatic carbocycles. The lowest BCUT2D eigenvalue weighted by atomic mass is 9.93. The minimum absolute atomic E-state index is 0.0503. The Labute approximate surface area is 186 Å². The van der Waals surface area contributed by atoms with E-state index in [2.05, 4.69) is 31.2 Å². The van der Waals surface area contributed by atoms with Crippen molar-refractivity contribution in [1.82, 2.24) is 0 Å². The van der Waals surface area contributed by atoms with Gasteiger partial charge in [0.1, 0.15) is 5.82 Å². The Hall–Kier alpha value is -1.20. The van der Waals surface area contributed by atoms with Crippen LogP contribution in [0.2, 0.25) is 35.8 Å². The molecule has 0 amide bonds. The quantitative estimate of drug-likeness (QED) is 0.382. The average Bonchev–Trinajstić information content (AvgIpc) is 2.80. The molecule has 2 aromatic carbocycles. The molecular weight excluding hydrogens is 399 g/mol. The van der Waals surface area contributed by atoms with Gasteiger partial charge in [-0.1, -0.05) is 106 Å². The van der Waals surface area contributed by atoms with Crippen LogP contribution in [0.25, 0.3) is 11.1 Å². The van der Waals surface area contributed by atoms with Gasteiger partial charge in [0.25, 0.3) is 0 Å². The van der Waals surface area contributed by atoms with Gasteiger partial charge in [0.05, 0.1) is 8.80 Å². The summed E-state index contributed by atoms with van der Waals surface area (Å²) in [5.74, 6) is 0.789. The molecule has 0 unspecified atom stereocenters. The minimum Gasteiger partial charge on any atom is -0.207 e. The standard InChI is InChI=1S/C27H37FSi2/c1-2-17-29-18-15-27(16-19-29)30-20-13-23(14-21-30)4-3-22-5-7-24(8-6-22)25-9-11-26(28)12-10-25/h5-12,23,27H,2-4,13-21H2,1H3. The molecule has 2 aliphatic heterocycles. The van der Waals surface area contributed by atoms with Gasteiger partial charge in [-0.2, -0.15) is 0 Å². The zero-order chi connectivity index (χ0) is 20.8. The molecule has 0 aromatic heterocycles. The fourth-order valence-electron chi connectivity index (χ4n) is 5.66. The van der Waals surface area contributed by atoms with Crippen LogP contribution >= 0.6 is 0 Å². The van der Waals surface area contributed by atoms with Gasteiger partial charge >= 0.3 is 0 Å². The second-order valence-corrected chi connectivity index (χ2v) is 15.8. The molecule has 3 heteroatoms. The van der Waals surface area contributed by atoms with Crippen molar-refractivity contribution in [1.29, 1.82) is 0 Å². The molecule has 0 nitrogen and oxygen atoms in total. The average molecular weight is 437 g/mol. The maximum absolute atomic E-state index is 13.1. The molecule has 0 saturated carbocycles. The Morgan fingerprint density at radius 3 is 2.00 bits per heavy atom. The molecule has 2 fully saturated rings. The molecule has 0 spiro atoms. The van der Waals surface area contributed by atoms with Crippen LogP contribution in [0.3, 0.4) is 0 Å². The Morgan fingerprint density at radius 1 is 0.800 bits per heavy atom. The van der Waals surface area contributed by atoms with Gasteiger partial charge in [-0.25, -0.2) is 4.39 Å². The van der Waals surface area contributed by atoms with Crippen LogP contribution in [0.1, 0.15) is 51.0 Å². The van der Waals surface area contributed by atoms with Crippen molar-refractivity contribution < 1.29 is 4.39 Å². The first-order valence-corrected chi connectivity index (χ1v) is 16.4.